The number of amides is 1. The molecule has 0 unspecified atom stereocenters. The van der Waals surface area contributed by atoms with Crippen LogP contribution in [0.1, 0.15) is 19.3 Å². The highest BCUT2D eigenvalue weighted by molar-refractivity contribution is 6.35. The number of fused-ring (bicyclic) bond motifs is 1. The van der Waals surface area contributed by atoms with Crippen LogP contribution in [0.5, 0.6) is 0 Å². The van der Waals surface area contributed by atoms with Gasteiger partial charge in [0.2, 0.25) is 5.91 Å². The number of nitrogens with one attached hydrogen (secondary N) is 1. The van der Waals surface area contributed by atoms with E-state index >= 15 is 0 Å². The number of rotatable bonds is 4. The molecular formula is C16H19Cl3N2O3. The molecule has 3 rings (SSSR count). The third kappa shape index (κ3) is 3.64. The van der Waals surface area contributed by atoms with Gasteiger partial charge < -0.3 is 10.4 Å². The lowest BCUT2D eigenvalue weighted by atomic mass is 9.81. The van der Waals surface area contributed by atoms with Gasteiger partial charge in [-0.1, -0.05) is 29.6 Å². The van der Waals surface area contributed by atoms with Gasteiger partial charge in [0, 0.05) is 18.1 Å². The summed E-state index contributed by atoms with van der Waals surface area (Å²) < 4.78 is 0. The van der Waals surface area contributed by atoms with Crippen LogP contribution in [0.15, 0.2) is 18.2 Å². The van der Waals surface area contributed by atoms with Gasteiger partial charge in [0.25, 0.3) is 0 Å². The van der Waals surface area contributed by atoms with E-state index < -0.39 is 11.4 Å². The summed E-state index contributed by atoms with van der Waals surface area (Å²) >= 11 is 11.9. The zero-order valence-corrected chi connectivity index (χ0v) is 15.3. The number of benzene rings is 1. The third-order valence-corrected chi connectivity index (χ3v) is 5.50. The molecule has 1 amide bonds. The molecule has 2 atom stereocenters. The molecule has 8 heteroatoms. The first-order valence-corrected chi connectivity index (χ1v) is 8.37. The minimum absolute atomic E-state index is 0. The van der Waals surface area contributed by atoms with Crippen LogP contribution in [0.4, 0.5) is 5.69 Å². The number of anilines is 1. The van der Waals surface area contributed by atoms with Crippen molar-refractivity contribution in [1.82, 2.24) is 4.90 Å². The fourth-order valence-corrected chi connectivity index (χ4v) is 4.19. The normalized spacial score (nSPS) is 25.8. The lowest BCUT2D eigenvalue weighted by Gasteiger charge is -2.23. The van der Waals surface area contributed by atoms with Crippen molar-refractivity contribution in [2.45, 2.75) is 19.3 Å². The van der Waals surface area contributed by atoms with E-state index in [1.807, 2.05) is 4.90 Å². The molecule has 5 nitrogen and oxygen atoms in total. The maximum atomic E-state index is 12.2. The lowest BCUT2D eigenvalue weighted by Crippen LogP contribution is -2.37. The van der Waals surface area contributed by atoms with E-state index in [1.54, 1.807) is 18.2 Å². The van der Waals surface area contributed by atoms with Gasteiger partial charge in [0.05, 0.1) is 22.7 Å². The van der Waals surface area contributed by atoms with E-state index in [1.165, 1.54) is 0 Å². The Morgan fingerprint density at radius 2 is 2.12 bits per heavy atom. The van der Waals surface area contributed by atoms with Crippen LogP contribution in [0.2, 0.25) is 10.0 Å². The van der Waals surface area contributed by atoms with Gasteiger partial charge in [-0.2, -0.15) is 0 Å². The fourth-order valence-electron chi connectivity index (χ4n) is 3.85. The Morgan fingerprint density at radius 3 is 2.79 bits per heavy atom. The molecule has 1 aliphatic heterocycles. The van der Waals surface area contributed by atoms with Crippen LogP contribution in [0.25, 0.3) is 0 Å². The van der Waals surface area contributed by atoms with Crippen LogP contribution >= 0.6 is 35.6 Å². The summed E-state index contributed by atoms with van der Waals surface area (Å²) in [5.41, 5.74) is -0.204. The number of hydrogen-bond acceptors (Lipinski definition) is 3. The summed E-state index contributed by atoms with van der Waals surface area (Å²) in [7, 11) is 0. The van der Waals surface area contributed by atoms with Crippen molar-refractivity contribution in [3.63, 3.8) is 0 Å². The zero-order chi connectivity index (χ0) is 16.6. The third-order valence-electron chi connectivity index (χ3n) is 4.94. The molecule has 0 spiro atoms. The van der Waals surface area contributed by atoms with Gasteiger partial charge in [0.15, 0.2) is 0 Å². The highest BCUT2D eigenvalue weighted by atomic mass is 35.5. The largest absolute Gasteiger partial charge is 0.481 e. The molecule has 24 heavy (non-hydrogen) atoms. The Labute approximate surface area is 156 Å². The lowest BCUT2D eigenvalue weighted by molar-refractivity contribution is -0.149. The molecule has 1 aromatic carbocycles. The molecule has 1 saturated carbocycles. The fraction of sp³-hybridized carbons (Fsp3) is 0.500. The number of nitrogens with zero attached hydrogens (tertiary/aromatic N) is 1. The van der Waals surface area contributed by atoms with Crippen molar-refractivity contribution in [3.05, 3.63) is 28.2 Å². The average Bonchev–Trinajstić information content (AvgIpc) is 3.00. The van der Waals surface area contributed by atoms with Crippen molar-refractivity contribution < 1.29 is 14.7 Å². The van der Waals surface area contributed by atoms with Crippen molar-refractivity contribution in [3.8, 4) is 0 Å². The van der Waals surface area contributed by atoms with Crippen LogP contribution < -0.4 is 5.32 Å². The first-order valence-electron chi connectivity index (χ1n) is 7.61. The molecule has 1 aliphatic carbocycles. The molecule has 0 radical (unpaired) electrons. The number of hydrogen-bond donors (Lipinski definition) is 2. The van der Waals surface area contributed by atoms with Crippen LogP contribution in [0.3, 0.4) is 0 Å². The SMILES string of the molecule is Cl.O=C(CN1C[C@@H]2CCC[C@@]2(C(=O)O)C1)Nc1cc(Cl)ccc1Cl. The van der Waals surface area contributed by atoms with Gasteiger partial charge in [-0.25, -0.2) is 0 Å². The number of halogens is 3. The Morgan fingerprint density at radius 1 is 1.38 bits per heavy atom. The second-order valence-corrected chi connectivity index (χ2v) is 7.24. The van der Waals surface area contributed by atoms with Crippen LogP contribution in [-0.4, -0.2) is 41.5 Å². The van der Waals surface area contributed by atoms with Crippen molar-refractivity contribution >= 4 is 53.2 Å². The number of aliphatic carboxylic acids is 1. The number of carbonyl (C=O) groups excluding carboxylic acids is 1. The molecule has 2 aliphatic rings. The standard InChI is InChI=1S/C16H18Cl2N2O3.ClH/c17-11-3-4-12(18)13(6-11)19-14(21)8-20-7-10-2-1-5-16(10,9-20)15(22)23;/h3-4,6,10H,1-2,5,7-9H2,(H,19,21)(H,22,23);1H/t10-,16+;/m0./s1. The van der Waals surface area contributed by atoms with Crippen LogP contribution in [0, 0.1) is 11.3 Å². The molecule has 0 aromatic heterocycles. The Bertz CT molecular complexity index is 655. The zero-order valence-electron chi connectivity index (χ0n) is 12.9. The number of carboxylic acid groups (broad SMARTS) is 1. The smallest absolute Gasteiger partial charge is 0.311 e. The van der Waals surface area contributed by atoms with E-state index in [-0.39, 0.29) is 30.8 Å². The summed E-state index contributed by atoms with van der Waals surface area (Å²) in [6, 6.07) is 4.87. The first-order chi connectivity index (χ1) is 10.9. The van der Waals surface area contributed by atoms with Gasteiger partial charge >= 0.3 is 5.97 Å². The molecule has 0 bridgehead atoms. The number of likely N-dealkylation sites (tertiary alicyclic amines) is 1. The predicted octanol–water partition coefficient (Wildman–Crippen LogP) is 3.54. The second-order valence-electron chi connectivity index (χ2n) is 6.39. The summed E-state index contributed by atoms with van der Waals surface area (Å²) in [6.07, 6.45) is 2.57. The molecule has 1 aromatic rings. The first kappa shape index (κ1) is 19.3. The maximum Gasteiger partial charge on any atom is 0.311 e. The minimum Gasteiger partial charge on any atom is -0.481 e. The number of carboxylic acids is 1. The minimum atomic E-state index is -0.735. The summed E-state index contributed by atoms with van der Waals surface area (Å²) in [5.74, 6) is -0.807. The van der Waals surface area contributed by atoms with E-state index in [0.29, 0.717) is 35.2 Å². The van der Waals surface area contributed by atoms with Gasteiger partial charge in [-0.3, -0.25) is 14.5 Å². The molecule has 2 fully saturated rings. The van der Waals surface area contributed by atoms with E-state index in [0.717, 1.165) is 12.8 Å². The van der Waals surface area contributed by atoms with Gasteiger partial charge in [0.1, 0.15) is 0 Å². The average molecular weight is 394 g/mol. The summed E-state index contributed by atoms with van der Waals surface area (Å²) in [6.45, 7) is 1.25. The van der Waals surface area contributed by atoms with Crippen molar-refractivity contribution in [2.24, 2.45) is 11.3 Å². The number of carbonyl (C=O) groups is 2. The van der Waals surface area contributed by atoms with E-state index in [9.17, 15) is 14.7 Å². The van der Waals surface area contributed by atoms with Gasteiger partial charge in [-0.05, 0) is 37.0 Å². The van der Waals surface area contributed by atoms with E-state index in [4.69, 9.17) is 23.2 Å². The topological polar surface area (TPSA) is 69.6 Å². The molecule has 1 heterocycles. The quantitative estimate of drug-likeness (QED) is 0.821. The van der Waals surface area contributed by atoms with Crippen molar-refractivity contribution in [1.29, 1.82) is 0 Å². The monoisotopic (exact) mass is 392 g/mol. The summed E-state index contributed by atoms with van der Waals surface area (Å²) in [4.78, 5) is 25.8. The Kier molecular flexibility index (Phi) is 6.02. The maximum absolute atomic E-state index is 12.2. The Balaban J connectivity index is 0.00000208. The Hall–Kier alpha value is -1.01. The molecule has 2 N–H and O–H groups in total. The predicted molar refractivity (Wildman–Crippen MR) is 96.2 cm³/mol. The van der Waals surface area contributed by atoms with Gasteiger partial charge in [-0.15, -0.1) is 12.4 Å². The van der Waals surface area contributed by atoms with Crippen LogP contribution in [-0.2, 0) is 9.59 Å². The molecule has 132 valence electrons. The van der Waals surface area contributed by atoms with Crippen molar-refractivity contribution in [2.75, 3.05) is 25.0 Å². The highest BCUT2D eigenvalue weighted by Gasteiger charge is 2.54. The second kappa shape index (κ2) is 7.48. The highest BCUT2D eigenvalue weighted by Crippen LogP contribution is 2.48. The van der Waals surface area contributed by atoms with E-state index in [2.05, 4.69) is 5.32 Å². The molecular weight excluding hydrogens is 375 g/mol. The molecule has 1 saturated heterocycles. The summed E-state index contributed by atoms with van der Waals surface area (Å²) in [5, 5.41) is 13.2.